The number of anilines is 1. The maximum absolute atomic E-state index is 5.35. The predicted octanol–water partition coefficient (Wildman–Crippen LogP) is 1.80. The SMILES string of the molecule is CC(C)Nc1cc(C2CCOC2)ncn1. The van der Waals surface area contributed by atoms with Crippen molar-refractivity contribution in [1.29, 1.82) is 0 Å². The van der Waals surface area contributed by atoms with Crippen LogP contribution in [0.1, 0.15) is 31.9 Å². The molecule has 15 heavy (non-hydrogen) atoms. The Hall–Kier alpha value is -1.16. The van der Waals surface area contributed by atoms with Gasteiger partial charge >= 0.3 is 0 Å². The molecule has 1 aliphatic heterocycles. The Labute approximate surface area is 90.1 Å². The lowest BCUT2D eigenvalue weighted by atomic mass is 10.1. The lowest BCUT2D eigenvalue weighted by molar-refractivity contribution is 0.193. The Balaban J connectivity index is 2.11. The normalized spacial score (nSPS) is 20.9. The molecule has 4 heteroatoms. The van der Waals surface area contributed by atoms with Gasteiger partial charge in [-0.1, -0.05) is 0 Å². The molecule has 1 saturated heterocycles. The topological polar surface area (TPSA) is 47.0 Å². The van der Waals surface area contributed by atoms with E-state index in [4.69, 9.17) is 4.74 Å². The van der Waals surface area contributed by atoms with Crippen LogP contribution >= 0.6 is 0 Å². The molecule has 1 aliphatic rings. The molecular formula is C11H17N3O. The highest BCUT2D eigenvalue weighted by Gasteiger charge is 2.19. The zero-order valence-electron chi connectivity index (χ0n) is 9.23. The molecule has 1 atom stereocenters. The van der Waals surface area contributed by atoms with E-state index in [1.54, 1.807) is 6.33 Å². The van der Waals surface area contributed by atoms with Crippen LogP contribution in [0.3, 0.4) is 0 Å². The highest BCUT2D eigenvalue weighted by atomic mass is 16.5. The van der Waals surface area contributed by atoms with Gasteiger partial charge in [-0.15, -0.1) is 0 Å². The maximum atomic E-state index is 5.35. The Morgan fingerprint density at radius 3 is 3.00 bits per heavy atom. The Morgan fingerprint density at radius 2 is 2.33 bits per heavy atom. The molecule has 1 N–H and O–H groups in total. The van der Waals surface area contributed by atoms with E-state index in [0.717, 1.165) is 31.1 Å². The summed E-state index contributed by atoms with van der Waals surface area (Å²) >= 11 is 0. The van der Waals surface area contributed by atoms with Crippen molar-refractivity contribution in [3.05, 3.63) is 18.1 Å². The zero-order valence-corrected chi connectivity index (χ0v) is 9.23. The van der Waals surface area contributed by atoms with Gasteiger partial charge in [0, 0.05) is 24.6 Å². The molecule has 0 saturated carbocycles. The van der Waals surface area contributed by atoms with Gasteiger partial charge in [0.05, 0.1) is 12.3 Å². The first kappa shape index (κ1) is 10.4. The van der Waals surface area contributed by atoms with Gasteiger partial charge in [-0.2, -0.15) is 0 Å². The van der Waals surface area contributed by atoms with Crippen LogP contribution in [0, 0.1) is 0 Å². The third-order valence-electron chi connectivity index (χ3n) is 2.47. The van der Waals surface area contributed by atoms with E-state index in [-0.39, 0.29) is 0 Å². The van der Waals surface area contributed by atoms with Crippen LogP contribution in [0.4, 0.5) is 5.82 Å². The molecule has 1 aromatic heterocycles. The number of nitrogens with zero attached hydrogens (tertiary/aromatic N) is 2. The van der Waals surface area contributed by atoms with Crippen molar-refractivity contribution in [3.8, 4) is 0 Å². The molecule has 1 fully saturated rings. The fraction of sp³-hybridized carbons (Fsp3) is 0.636. The average molecular weight is 207 g/mol. The molecule has 0 bridgehead atoms. The van der Waals surface area contributed by atoms with Gasteiger partial charge in [-0.25, -0.2) is 9.97 Å². The van der Waals surface area contributed by atoms with Crippen LogP contribution in [0.25, 0.3) is 0 Å². The Bertz CT molecular complexity index is 321. The van der Waals surface area contributed by atoms with Gasteiger partial charge in [-0.3, -0.25) is 0 Å². The van der Waals surface area contributed by atoms with Crippen LogP contribution in [0.2, 0.25) is 0 Å². The molecule has 0 radical (unpaired) electrons. The van der Waals surface area contributed by atoms with E-state index >= 15 is 0 Å². The van der Waals surface area contributed by atoms with Gasteiger partial charge in [0.15, 0.2) is 0 Å². The number of rotatable bonds is 3. The minimum Gasteiger partial charge on any atom is -0.381 e. The highest BCUT2D eigenvalue weighted by Crippen LogP contribution is 2.24. The first-order valence-electron chi connectivity index (χ1n) is 5.42. The van der Waals surface area contributed by atoms with E-state index in [2.05, 4.69) is 29.1 Å². The predicted molar refractivity (Wildman–Crippen MR) is 59.0 cm³/mol. The average Bonchev–Trinajstić information content (AvgIpc) is 2.69. The first-order chi connectivity index (χ1) is 7.25. The lowest BCUT2D eigenvalue weighted by Crippen LogP contribution is -2.12. The molecule has 2 rings (SSSR count). The molecule has 0 amide bonds. The minimum atomic E-state index is 0.396. The summed E-state index contributed by atoms with van der Waals surface area (Å²) in [7, 11) is 0. The third-order valence-corrected chi connectivity index (χ3v) is 2.47. The van der Waals surface area contributed by atoms with Crippen LogP contribution in [0.5, 0.6) is 0 Å². The molecule has 0 aliphatic carbocycles. The molecule has 4 nitrogen and oxygen atoms in total. The molecule has 0 spiro atoms. The summed E-state index contributed by atoms with van der Waals surface area (Å²) in [4.78, 5) is 8.49. The number of hydrogen-bond donors (Lipinski definition) is 1. The van der Waals surface area contributed by atoms with Crippen molar-refractivity contribution in [2.75, 3.05) is 18.5 Å². The largest absolute Gasteiger partial charge is 0.381 e. The lowest BCUT2D eigenvalue weighted by Gasteiger charge is -2.11. The molecule has 82 valence electrons. The third kappa shape index (κ3) is 2.65. The van der Waals surface area contributed by atoms with Crippen LogP contribution in [0.15, 0.2) is 12.4 Å². The summed E-state index contributed by atoms with van der Waals surface area (Å²) in [5, 5.41) is 3.28. The second-order valence-electron chi connectivity index (χ2n) is 4.19. The second kappa shape index (κ2) is 4.57. The van der Waals surface area contributed by atoms with Crippen LogP contribution in [-0.2, 0) is 4.74 Å². The van der Waals surface area contributed by atoms with Crippen molar-refractivity contribution in [2.24, 2.45) is 0 Å². The van der Waals surface area contributed by atoms with E-state index in [1.165, 1.54) is 0 Å². The number of aromatic nitrogens is 2. The first-order valence-corrected chi connectivity index (χ1v) is 5.42. The summed E-state index contributed by atoms with van der Waals surface area (Å²) in [5.41, 5.74) is 1.09. The van der Waals surface area contributed by atoms with Crippen molar-refractivity contribution >= 4 is 5.82 Å². The Kier molecular flexibility index (Phi) is 3.16. The molecule has 1 aromatic rings. The van der Waals surface area contributed by atoms with Gasteiger partial charge in [0.25, 0.3) is 0 Å². The smallest absolute Gasteiger partial charge is 0.129 e. The molecule has 1 unspecified atom stereocenters. The summed E-state index contributed by atoms with van der Waals surface area (Å²) in [5.74, 6) is 1.35. The quantitative estimate of drug-likeness (QED) is 0.821. The zero-order chi connectivity index (χ0) is 10.7. The van der Waals surface area contributed by atoms with Gasteiger partial charge < -0.3 is 10.1 Å². The second-order valence-corrected chi connectivity index (χ2v) is 4.19. The summed E-state index contributed by atoms with van der Waals surface area (Å²) < 4.78 is 5.35. The van der Waals surface area contributed by atoms with E-state index in [0.29, 0.717) is 12.0 Å². The van der Waals surface area contributed by atoms with E-state index < -0.39 is 0 Å². The maximum Gasteiger partial charge on any atom is 0.129 e. The Morgan fingerprint density at radius 1 is 1.47 bits per heavy atom. The minimum absolute atomic E-state index is 0.396. The van der Waals surface area contributed by atoms with Gasteiger partial charge in [0.2, 0.25) is 0 Å². The van der Waals surface area contributed by atoms with Gasteiger partial charge in [0.1, 0.15) is 12.1 Å². The molecule has 0 aromatic carbocycles. The fourth-order valence-corrected chi connectivity index (χ4v) is 1.74. The van der Waals surface area contributed by atoms with Crippen molar-refractivity contribution in [1.82, 2.24) is 9.97 Å². The van der Waals surface area contributed by atoms with Crippen molar-refractivity contribution < 1.29 is 4.74 Å². The van der Waals surface area contributed by atoms with Crippen molar-refractivity contribution in [2.45, 2.75) is 32.2 Å². The standard InChI is InChI=1S/C11H17N3O/c1-8(2)14-11-5-10(12-7-13-11)9-3-4-15-6-9/h5,7-9H,3-4,6H2,1-2H3,(H,12,13,14). The summed E-state index contributed by atoms with van der Waals surface area (Å²) in [6, 6.07) is 2.42. The molecule has 2 heterocycles. The van der Waals surface area contributed by atoms with Crippen LogP contribution < -0.4 is 5.32 Å². The highest BCUT2D eigenvalue weighted by molar-refractivity contribution is 5.36. The van der Waals surface area contributed by atoms with E-state index in [1.807, 2.05) is 6.07 Å². The summed E-state index contributed by atoms with van der Waals surface area (Å²) in [6.07, 6.45) is 2.69. The number of nitrogens with one attached hydrogen (secondary N) is 1. The van der Waals surface area contributed by atoms with E-state index in [9.17, 15) is 0 Å². The monoisotopic (exact) mass is 207 g/mol. The number of ether oxygens (including phenoxy) is 1. The van der Waals surface area contributed by atoms with Gasteiger partial charge in [-0.05, 0) is 20.3 Å². The molecular weight excluding hydrogens is 190 g/mol. The fourth-order valence-electron chi connectivity index (χ4n) is 1.74. The number of hydrogen-bond acceptors (Lipinski definition) is 4. The van der Waals surface area contributed by atoms with Crippen LogP contribution in [-0.4, -0.2) is 29.2 Å². The van der Waals surface area contributed by atoms with Crippen molar-refractivity contribution in [3.63, 3.8) is 0 Å². The summed E-state index contributed by atoms with van der Waals surface area (Å²) in [6.45, 7) is 5.83.